The van der Waals surface area contributed by atoms with E-state index in [0.717, 1.165) is 12.8 Å². The molecule has 2 rings (SSSR count). The van der Waals surface area contributed by atoms with Crippen molar-refractivity contribution >= 4 is 10.8 Å². The Labute approximate surface area is 110 Å². The number of nitrogens with two attached hydrogens (primary N) is 1. The van der Waals surface area contributed by atoms with E-state index in [1.165, 1.54) is 16.3 Å². The zero-order valence-electron chi connectivity index (χ0n) is 11.6. The van der Waals surface area contributed by atoms with Crippen LogP contribution in [0.4, 0.5) is 0 Å². The van der Waals surface area contributed by atoms with Crippen LogP contribution >= 0.6 is 0 Å². The first kappa shape index (κ1) is 13.1. The van der Waals surface area contributed by atoms with Crippen LogP contribution in [0.5, 0.6) is 0 Å². The molecule has 0 aliphatic heterocycles. The predicted octanol–water partition coefficient (Wildman–Crippen LogP) is 4.67. The standard InChI is InChI=1S/C17H23N/c1-17(2,3)12-11-16(18)15-10-6-8-13-7-4-5-9-14(13)15/h4-10,16H,11-12,18H2,1-3H3. The minimum atomic E-state index is 0.135. The molecule has 0 spiro atoms. The van der Waals surface area contributed by atoms with Crippen LogP contribution in [0.2, 0.25) is 0 Å². The summed E-state index contributed by atoms with van der Waals surface area (Å²) < 4.78 is 0. The second kappa shape index (κ2) is 5.11. The summed E-state index contributed by atoms with van der Waals surface area (Å²) in [6.45, 7) is 6.80. The van der Waals surface area contributed by atoms with Gasteiger partial charge in [0.2, 0.25) is 0 Å². The molecule has 0 aliphatic rings. The summed E-state index contributed by atoms with van der Waals surface area (Å²) in [6.07, 6.45) is 2.19. The normalized spacial score (nSPS) is 13.8. The number of hydrogen-bond donors (Lipinski definition) is 1. The van der Waals surface area contributed by atoms with Crippen molar-refractivity contribution in [3.05, 3.63) is 48.0 Å². The number of hydrogen-bond acceptors (Lipinski definition) is 1. The van der Waals surface area contributed by atoms with E-state index in [0.29, 0.717) is 5.41 Å². The van der Waals surface area contributed by atoms with Crippen LogP contribution in [0, 0.1) is 5.41 Å². The van der Waals surface area contributed by atoms with E-state index < -0.39 is 0 Å². The second-order valence-corrected chi connectivity index (χ2v) is 6.27. The van der Waals surface area contributed by atoms with Crippen LogP contribution in [0.25, 0.3) is 10.8 Å². The van der Waals surface area contributed by atoms with Gasteiger partial charge in [-0.25, -0.2) is 0 Å². The van der Waals surface area contributed by atoms with E-state index in [2.05, 4.69) is 63.2 Å². The molecule has 0 aromatic heterocycles. The third kappa shape index (κ3) is 3.11. The van der Waals surface area contributed by atoms with Gasteiger partial charge < -0.3 is 5.73 Å². The highest BCUT2D eigenvalue weighted by Gasteiger charge is 2.15. The molecule has 0 saturated heterocycles. The first-order valence-corrected chi connectivity index (χ1v) is 6.71. The summed E-state index contributed by atoms with van der Waals surface area (Å²) >= 11 is 0. The summed E-state index contributed by atoms with van der Waals surface area (Å²) in [5, 5.41) is 2.57. The van der Waals surface area contributed by atoms with Crippen molar-refractivity contribution in [2.45, 2.75) is 39.7 Å². The Morgan fingerprint density at radius 1 is 1.00 bits per heavy atom. The zero-order valence-corrected chi connectivity index (χ0v) is 11.6. The van der Waals surface area contributed by atoms with Gasteiger partial charge >= 0.3 is 0 Å². The van der Waals surface area contributed by atoms with E-state index in [1.54, 1.807) is 0 Å². The lowest BCUT2D eigenvalue weighted by Gasteiger charge is -2.21. The van der Waals surface area contributed by atoms with Crippen molar-refractivity contribution in [1.82, 2.24) is 0 Å². The highest BCUT2D eigenvalue weighted by molar-refractivity contribution is 5.86. The highest BCUT2D eigenvalue weighted by atomic mass is 14.6. The molecule has 1 unspecified atom stereocenters. The van der Waals surface area contributed by atoms with Crippen molar-refractivity contribution in [1.29, 1.82) is 0 Å². The molecule has 18 heavy (non-hydrogen) atoms. The monoisotopic (exact) mass is 241 g/mol. The Bertz CT molecular complexity index is 517. The van der Waals surface area contributed by atoms with Crippen LogP contribution < -0.4 is 5.73 Å². The molecule has 96 valence electrons. The molecular weight excluding hydrogens is 218 g/mol. The van der Waals surface area contributed by atoms with Crippen molar-refractivity contribution in [3.8, 4) is 0 Å². The van der Waals surface area contributed by atoms with Gasteiger partial charge in [-0.15, -0.1) is 0 Å². The molecule has 2 aromatic rings. The lowest BCUT2D eigenvalue weighted by molar-refractivity contribution is 0.350. The fourth-order valence-corrected chi connectivity index (χ4v) is 2.32. The second-order valence-electron chi connectivity index (χ2n) is 6.27. The molecule has 0 radical (unpaired) electrons. The van der Waals surface area contributed by atoms with E-state index in [-0.39, 0.29) is 6.04 Å². The van der Waals surface area contributed by atoms with Gasteiger partial charge in [-0.05, 0) is 34.6 Å². The Morgan fingerprint density at radius 3 is 2.39 bits per heavy atom. The van der Waals surface area contributed by atoms with Crippen LogP contribution in [-0.2, 0) is 0 Å². The maximum absolute atomic E-state index is 6.37. The van der Waals surface area contributed by atoms with Gasteiger partial charge in [-0.3, -0.25) is 0 Å². The Morgan fingerprint density at radius 2 is 1.67 bits per heavy atom. The summed E-state index contributed by atoms with van der Waals surface area (Å²) in [4.78, 5) is 0. The van der Waals surface area contributed by atoms with E-state index >= 15 is 0 Å². The van der Waals surface area contributed by atoms with E-state index in [9.17, 15) is 0 Å². The smallest absolute Gasteiger partial charge is 0.0301 e. The molecule has 0 fully saturated rings. The average molecular weight is 241 g/mol. The van der Waals surface area contributed by atoms with Crippen molar-refractivity contribution in [3.63, 3.8) is 0 Å². The van der Waals surface area contributed by atoms with Crippen LogP contribution in [0.3, 0.4) is 0 Å². The quantitative estimate of drug-likeness (QED) is 0.830. The maximum atomic E-state index is 6.37. The summed E-state index contributed by atoms with van der Waals surface area (Å²) in [5.41, 5.74) is 7.99. The summed E-state index contributed by atoms with van der Waals surface area (Å²) in [7, 11) is 0. The lowest BCUT2D eigenvalue weighted by atomic mass is 9.86. The molecule has 0 aliphatic carbocycles. The third-order valence-electron chi connectivity index (χ3n) is 3.43. The van der Waals surface area contributed by atoms with E-state index in [1.807, 2.05) is 0 Å². The Kier molecular flexibility index (Phi) is 3.72. The molecule has 0 saturated carbocycles. The molecule has 1 heteroatoms. The van der Waals surface area contributed by atoms with Crippen molar-refractivity contribution in [2.75, 3.05) is 0 Å². The van der Waals surface area contributed by atoms with Gasteiger partial charge in [0.05, 0.1) is 0 Å². The molecule has 0 bridgehead atoms. The number of fused-ring (bicyclic) bond motifs is 1. The van der Waals surface area contributed by atoms with Gasteiger partial charge in [0.15, 0.2) is 0 Å². The van der Waals surface area contributed by atoms with Crippen LogP contribution in [0.15, 0.2) is 42.5 Å². The van der Waals surface area contributed by atoms with Crippen LogP contribution in [0.1, 0.15) is 45.2 Å². The molecule has 2 aromatic carbocycles. The maximum Gasteiger partial charge on any atom is 0.0301 e. The topological polar surface area (TPSA) is 26.0 Å². The average Bonchev–Trinajstić information content (AvgIpc) is 2.34. The van der Waals surface area contributed by atoms with Gasteiger partial charge in [-0.2, -0.15) is 0 Å². The fourth-order valence-electron chi connectivity index (χ4n) is 2.32. The third-order valence-corrected chi connectivity index (χ3v) is 3.43. The van der Waals surface area contributed by atoms with Gasteiger partial charge in [-0.1, -0.05) is 63.2 Å². The summed E-state index contributed by atoms with van der Waals surface area (Å²) in [6, 6.07) is 15.0. The minimum absolute atomic E-state index is 0.135. The molecule has 2 N–H and O–H groups in total. The van der Waals surface area contributed by atoms with Crippen LogP contribution in [-0.4, -0.2) is 0 Å². The van der Waals surface area contributed by atoms with Gasteiger partial charge in [0, 0.05) is 6.04 Å². The predicted molar refractivity (Wildman–Crippen MR) is 79.6 cm³/mol. The Balaban J connectivity index is 2.25. The SMILES string of the molecule is CC(C)(C)CCC(N)c1cccc2ccccc12. The fraction of sp³-hybridized carbons (Fsp3) is 0.412. The van der Waals surface area contributed by atoms with Crippen molar-refractivity contribution in [2.24, 2.45) is 11.1 Å². The highest BCUT2D eigenvalue weighted by Crippen LogP contribution is 2.29. The zero-order chi connectivity index (χ0) is 13.2. The minimum Gasteiger partial charge on any atom is -0.324 e. The van der Waals surface area contributed by atoms with Gasteiger partial charge in [0.1, 0.15) is 0 Å². The molecule has 1 atom stereocenters. The Hall–Kier alpha value is -1.34. The van der Waals surface area contributed by atoms with Gasteiger partial charge in [0.25, 0.3) is 0 Å². The summed E-state index contributed by atoms with van der Waals surface area (Å²) in [5.74, 6) is 0. The molecular formula is C17H23N. The lowest BCUT2D eigenvalue weighted by Crippen LogP contribution is -2.15. The first-order chi connectivity index (χ1) is 8.47. The van der Waals surface area contributed by atoms with Crippen molar-refractivity contribution < 1.29 is 0 Å². The largest absolute Gasteiger partial charge is 0.324 e. The molecule has 0 heterocycles. The number of rotatable bonds is 3. The first-order valence-electron chi connectivity index (χ1n) is 6.71. The molecule has 0 amide bonds. The van der Waals surface area contributed by atoms with E-state index in [4.69, 9.17) is 5.73 Å². The molecule has 1 nitrogen and oxygen atoms in total. The number of benzene rings is 2.